The summed E-state index contributed by atoms with van der Waals surface area (Å²) in [5, 5.41) is 1.22. The van der Waals surface area contributed by atoms with Crippen molar-refractivity contribution < 1.29 is 31.4 Å². The van der Waals surface area contributed by atoms with Gasteiger partial charge in [-0.05, 0) is 59.9 Å². The third-order valence-corrected chi connectivity index (χ3v) is 6.34. The second-order valence-electron chi connectivity index (χ2n) is 9.30. The molecule has 0 aliphatic carbocycles. The molecule has 9 heteroatoms. The van der Waals surface area contributed by atoms with Gasteiger partial charge in [-0.25, -0.2) is 18.7 Å². The molecule has 1 aromatic heterocycles. The Morgan fingerprint density at radius 3 is 2.23 bits per heavy atom. The fraction of sp³-hybridized carbons (Fsp3) is 0.333. The summed E-state index contributed by atoms with van der Waals surface area (Å²) in [6, 6.07) is 12.3. The number of hydrogen-bond acceptors (Lipinski definition) is 4. The minimum atomic E-state index is -4.97. The molecule has 1 heterocycles. The Kier molecular flexibility index (Phi) is 9.32. The smallest absolute Gasteiger partial charge is 0.490 e. The second-order valence-corrected chi connectivity index (χ2v) is 9.30. The lowest BCUT2D eigenvalue weighted by Crippen LogP contribution is -2.18. The van der Waals surface area contributed by atoms with Crippen molar-refractivity contribution in [1.29, 1.82) is 0 Å². The molecule has 3 aromatic carbocycles. The van der Waals surface area contributed by atoms with Crippen LogP contribution in [0.25, 0.3) is 10.8 Å². The monoisotopic (exact) mass is 544 g/mol. The quantitative estimate of drug-likeness (QED) is 0.134. The molecule has 4 nitrogen and oxygen atoms in total. The van der Waals surface area contributed by atoms with Gasteiger partial charge in [-0.3, -0.25) is 0 Å². The number of aromatic nitrogens is 2. The first-order valence-electron chi connectivity index (χ1n) is 12.9. The first-order chi connectivity index (χ1) is 18.7. The molecule has 0 bridgehead atoms. The van der Waals surface area contributed by atoms with Gasteiger partial charge >= 0.3 is 6.36 Å². The van der Waals surface area contributed by atoms with E-state index >= 15 is 4.39 Å². The van der Waals surface area contributed by atoms with E-state index in [1.165, 1.54) is 6.07 Å². The molecular formula is C30H29F5N2O2. The molecule has 0 saturated carbocycles. The number of unbranched alkanes of at least 4 members (excludes halogenated alkanes) is 2. The number of fused-ring (bicyclic) bond motifs is 1. The molecule has 0 spiro atoms. The molecule has 0 radical (unpaired) electrons. The van der Waals surface area contributed by atoms with Crippen molar-refractivity contribution in [2.45, 2.75) is 58.2 Å². The SMILES string of the molecule is CCCCCOc1cnc(CCc2ccc3c(F)c(CCc4ccc(OC(F)(F)F)c(F)c4)ccc3c2)nc1. The van der Waals surface area contributed by atoms with Gasteiger partial charge in [-0.15, -0.1) is 13.2 Å². The number of rotatable bonds is 12. The number of ether oxygens (including phenoxy) is 2. The summed E-state index contributed by atoms with van der Waals surface area (Å²) in [4.78, 5) is 8.75. The number of aryl methyl sites for hydroxylation is 4. The lowest BCUT2D eigenvalue weighted by molar-refractivity contribution is -0.275. The zero-order chi connectivity index (χ0) is 27.8. The fourth-order valence-electron chi connectivity index (χ4n) is 4.27. The Bertz CT molecular complexity index is 1390. The van der Waals surface area contributed by atoms with Crippen molar-refractivity contribution in [2.75, 3.05) is 6.61 Å². The number of benzene rings is 3. The van der Waals surface area contributed by atoms with E-state index in [-0.39, 0.29) is 18.7 Å². The molecule has 0 amide bonds. The highest BCUT2D eigenvalue weighted by Gasteiger charge is 2.32. The first kappa shape index (κ1) is 28.3. The maximum Gasteiger partial charge on any atom is 0.573 e. The maximum atomic E-state index is 15.2. The molecule has 0 aliphatic rings. The molecule has 0 aliphatic heterocycles. The van der Waals surface area contributed by atoms with Crippen LogP contribution in [0.2, 0.25) is 0 Å². The molecular weight excluding hydrogens is 515 g/mol. The van der Waals surface area contributed by atoms with E-state index in [0.717, 1.165) is 42.3 Å². The summed E-state index contributed by atoms with van der Waals surface area (Å²) in [6.07, 6.45) is 3.49. The van der Waals surface area contributed by atoms with Gasteiger partial charge in [0.15, 0.2) is 17.3 Å². The summed E-state index contributed by atoms with van der Waals surface area (Å²) in [7, 11) is 0. The van der Waals surface area contributed by atoms with Crippen molar-refractivity contribution in [1.82, 2.24) is 9.97 Å². The molecule has 0 fully saturated rings. The average Bonchev–Trinajstić information content (AvgIpc) is 2.91. The van der Waals surface area contributed by atoms with E-state index in [1.807, 2.05) is 18.2 Å². The van der Waals surface area contributed by atoms with Crippen LogP contribution < -0.4 is 9.47 Å². The Morgan fingerprint density at radius 1 is 0.795 bits per heavy atom. The molecule has 206 valence electrons. The van der Waals surface area contributed by atoms with E-state index in [4.69, 9.17) is 4.74 Å². The van der Waals surface area contributed by atoms with Gasteiger partial charge in [-0.1, -0.05) is 56.2 Å². The third kappa shape index (κ3) is 8.12. The summed E-state index contributed by atoms with van der Waals surface area (Å²) in [6.45, 7) is 2.79. The van der Waals surface area contributed by atoms with Crippen molar-refractivity contribution in [2.24, 2.45) is 0 Å². The van der Waals surface area contributed by atoms with Crippen LogP contribution in [0.5, 0.6) is 11.5 Å². The van der Waals surface area contributed by atoms with Gasteiger partial charge in [0.25, 0.3) is 0 Å². The zero-order valence-electron chi connectivity index (χ0n) is 21.5. The minimum Gasteiger partial charge on any atom is -0.490 e. The molecule has 0 atom stereocenters. The molecule has 0 N–H and O–H groups in total. The van der Waals surface area contributed by atoms with Crippen LogP contribution in [0, 0.1) is 11.6 Å². The summed E-state index contributed by atoms with van der Waals surface area (Å²) < 4.78 is 75.5. The average molecular weight is 545 g/mol. The van der Waals surface area contributed by atoms with Crippen molar-refractivity contribution in [3.05, 3.63) is 95.1 Å². The normalized spacial score (nSPS) is 11.6. The van der Waals surface area contributed by atoms with E-state index in [1.54, 1.807) is 24.5 Å². The highest BCUT2D eigenvalue weighted by Crippen LogP contribution is 2.28. The Hall–Kier alpha value is -3.75. The summed E-state index contributed by atoms with van der Waals surface area (Å²) >= 11 is 0. The fourth-order valence-corrected chi connectivity index (χ4v) is 4.27. The van der Waals surface area contributed by atoms with Crippen LogP contribution in [-0.2, 0) is 25.7 Å². The number of hydrogen-bond donors (Lipinski definition) is 0. The standard InChI is InChI=1S/C30H29F5N2O2/c1-2-3-4-15-38-24-18-36-28(37-19-24)14-8-20-6-12-25-23(16-20)11-10-22(29(25)32)9-5-21-7-13-27(26(31)17-21)39-30(33,34)35/h6-7,10-13,16-19H,2-5,8-9,14-15H2,1H3. The van der Waals surface area contributed by atoms with Gasteiger partial charge in [-0.2, -0.15) is 0 Å². The zero-order valence-corrected chi connectivity index (χ0v) is 21.5. The topological polar surface area (TPSA) is 44.2 Å². The Balaban J connectivity index is 1.34. The molecule has 39 heavy (non-hydrogen) atoms. The summed E-state index contributed by atoms with van der Waals surface area (Å²) in [5.74, 6) is -1.02. The van der Waals surface area contributed by atoms with Crippen molar-refractivity contribution in [3.63, 3.8) is 0 Å². The Morgan fingerprint density at radius 2 is 1.51 bits per heavy atom. The highest BCUT2D eigenvalue weighted by molar-refractivity contribution is 5.84. The number of halogens is 5. The van der Waals surface area contributed by atoms with E-state index in [2.05, 4.69) is 21.6 Å². The van der Waals surface area contributed by atoms with E-state index in [0.29, 0.717) is 47.5 Å². The van der Waals surface area contributed by atoms with E-state index in [9.17, 15) is 17.6 Å². The lowest BCUT2D eigenvalue weighted by Gasteiger charge is -2.11. The van der Waals surface area contributed by atoms with Crippen LogP contribution >= 0.6 is 0 Å². The van der Waals surface area contributed by atoms with Crippen LogP contribution in [-0.4, -0.2) is 22.9 Å². The van der Waals surface area contributed by atoms with Gasteiger partial charge in [0.05, 0.1) is 19.0 Å². The Labute approximate surface area is 223 Å². The van der Waals surface area contributed by atoms with Gasteiger partial charge < -0.3 is 9.47 Å². The largest absolute Gasteiger partial charge is 0.573 e. The maximum absolute atomic E-state index is 15.2. The van der Waals surface area contributed by atoms with Gasteiger partial charge in [0, 0.05) is 11.8 Å². The van der Waals surface area contributed by atoms with Gasteiger partial charge in [0.2, 0.25) is 0 Å². The van der Waals surface area contributed by atoms with Crippen LogP contribution in [0.15, 0.2) is 60.9 Å². The van der Waals surface area contributed by atoms with Crippen LogP contribution in [0.1, 0.15) is 48.7 Å². The van der Waals surface area contributed by atoms with Crippen LogP contribution in [0.4, 0.5) is 22.0 Å². The predicted molar refractivity (Wildman–Crippen MR) is 139 cm³/mol. The molecule has 4 rings (SSSR count). The third-order valence-electron chi connectivity index (χ3n) is 6.34. The molecule has 0 unspecified atom stereocenters. The summed E-state index contributed by atoms with van der Waals surface area (Å²) in [5.41, 5.74) is 1.90. The van der Waals surface area contributed by atoms with Crippen molar-refractivity contribution in [3.8, 4) is 11.5 Å². The minimum absolute atomic E-state index is 0.256. The first-order valence-corrected chi connectivity index (χ1v) is 12.9. The van der Waals surface area contributed by atoms with Crippen LogP contribution in [0.3, 0.4) is 0 Å². The van der Waals surface area contributed by atoms with Gasteiger partial charge in [0.1, 0.15) is 11.6 Å². The molecule has 4 aromatic rings. The number of alkyl halides is 3. The molecule has 0 saturated heterocycles. The predicted octanol–water partition coefficient (Wildman–Crippen LogP) is 7.95. The highest BCUT2D eigenvalue weighted by atomic mass is 19.4. The van der Waals surface area contributed by atoms with E-state index < -0.39 is 17.9 Å². The number of nitrogens with zero attached hydrogens (tertiary/aromatic N) is 2. The van der Waals surface area contributed by atoms with Crippen molar-refractivity contribution >= 4 is 10.8 Å². The second kappa shape index (κ2) is 12.9. The lowest BCUT2D eigenvalue weighted by atomic mass is 9.98.